The molecule has 25 heavy (non-hydrogen) atoms. The summed E-state index contributed by atoms with van der Waals surface area (Å²) in [6.07, 6.45) is 0. The lowest BCUT2D eigenvalue weighted by Gasteiger charge is -2.03. The molecule has 0 bridgehead atoms. The van der Waals surface area contributed by atoms with Crippen LogP contribution in [0.15, 0.2) is 57.8 Å². The highest BCUT2D eigenvalue weighted by atomic mass is 16.5. The number of hydrogen-bond acceptors (Lipinski definition) is 5. The summed E-state index contributed by atoms with van der Waals surface area (Å²) < 4.78 is 10.6. The molecular weight excluding hydrogens is 318 g/mol. The molecule has 124 valence electrons. The van der Waals surface area contributed by atoms with E-state index < -0.39 is 0 Å². The van der Waals surface area contributed by atoms with Gasteiger partial charge in [-0.25, -0.2) is 0 Å². The Morgan fingerprint density at radius 3 is 2.80 bits per heavy atom. The van der Waals surface area contributed by atoms with E-state index in [1.165, 1.54) is 0 Å². The highest BCUT2D eigenvalue weighted by molar-refractivity contribution is 5.83. The van der Waals surface area contributed by atoms with E-state index >= 15 is 0 Å². The van der Waals surface area contributed by atoms with Gasteiger partial charge in [-0.2, -0.15) is 4.98 Å². The van der Waals surface area contributed by atoms with E-state index in [1.54, 1.807) is 25.3 Å². The summed E-state index contributed by atoms with van der Waals surface area (Å²) in [5.74, 6) is 1.34. The number of fused-ring (bicyclic) bond motifs is 1. The van der Waals surface area contributed by atoms with Crippen molar-refractivity contribution < 1.29 is 9.26 Å². The van der Waals surface area contributed by atoms with Crippen LogP contribution in [0.5, 0.6) is 5.75 Å². The standard InChI is InChI=1S/C19H15N3O3/c1-11-4-3-5-12(8-11)19-21-17(22-25-19)15-10-13-9-14(24-2)6-7-16(13)20-18(15)23/h3-10H,1-2H3,(H,20,23). The molecule has 0 saturated heterocycles. The van der Waals surface area contributed by atoms with Crippen molar-refractivity contribution >= 4 is 10.9 Å². The average Bonchev–Trinajstić information content (AvgIpc) is 3.10. The Bertz CT molecular complexity index is 1130. The summed E-state index contributed by atoms with van der Waals surface area (Å²) in [6, 6.07) is 14.9. The number of nitrogens with one attached hydrogen (secondary N) is 1. The molecule has 0 fully saturated rings. The van der Waals surface area contributed by atoms with Crippen LogP contribution in [0.4, 0.5) is 0 Å². The number of pyridine rings is 1. The van der Waals surface area contributed by atoms with Gasteiger partial charge in [0.05, 0.1) is 12.7 Å². The van der Waals surface area contributed by atoms with E-state index in [0.717, 1.165) is 22.0 Å². The molecule has 2 aromatic heterocycles. The van der Waals surface area contributed by atoms with E-state index in [1.807, 2.05) is 37.3 Å². The van der Waals surface area contributed by atoms with E-state index in [2.05, 4.69) is 15.1 Å². The molecule has 4 rings (SSSR count). The van der Waals surface area contributed by atoms with Gasteiger partial charge in [0.15, 0.2) is 0 Å². The van der Waals surface area contributed by atoms with E-state index in [-0.39, 0.29) is 11.4 Å². The summed E-state index contributed by atoms with van der Waals surface area (Å²) in [5.41, 5.74) is 2.71. The number of benzene rings is 2. The maximum atomic E-state index is 12.4. The number of aromatic amines is 1. The zero-order valence-corrected chi connectivity index (χ0v) is 13.7. The van der Waals surface area contributed by atoms with Crippen LogP contribution in [0.1, 0.15) is 5.56 Å². The van der Waals surface area contributed by atoms with Crippen molar-refractivity contribution in [1.82, 2.24) is 15.1 Å². The minimum absolute atomic E-state index is 0.252. The molecule has 2 heterocycles. The van der Waals surface area contributed by atoms with Crippen LogP contribution in [-0.4, -0.2) is 22.2 Å². The van der Waals surface area contributed by atoms with Crippen LogP contribution in [0.25, 0.3) is 33.7 Å². The fourth-order valence-corrected chi connectivity index (χ4v) is 2.71. The van der Waals surface area contributed by atoms with Gasteiger partial charge in [-0.1, -0.05) is 22.9 Å². The number of nitrogens with zero attached hydrogens (tertiary/aromatic N) is 2. The van der Waals surface area contributed by atoms with Crippen LogP contribution in [0.2, 0.25) is 0 Å². The quantitative estimate of drug-likeness (QED) is 0.620. The third-order valence-corrected chi connectivity index (χ3v) is 3.98. The molecule has 0 unspecified atom stereocenters. The van der Waals surface area contributed by atoms with Gasteiger partial charge in [-0.15, -0.1) is 0 Å². The lowest BCUT2D eigenvalue weighted by Crippen LogP contribution is -2.09. The van der Waals surface area contributed by atoms with Crippen molar-refractivity contribution in [3.63, 3.8) is 0 Å². The van der Waals surface area contributed by atoms with Crippen molar-refractivity contribution in [2.45, 2.75) is 6.92 Å². The predicted octanol–water partition coefficient (Wildman–Crippen LogP) is 3.56. The maximum Gasteiger partial charge on any atom is 0.259 e. The Balaban J connectivity index is 1.82. The molecule has 0 radical (unpaired) electrons. The number of ether oxygens (including phenoxy) is 1. The van der Waals surface area contributed by atoms with Crippen molar-refractivity contribution in [3.05, 3.63) is 64.4 Å². The summed E-state index contributed by atoms with van der Waals surface area (Å²) in [7, 11) is 1.60. The van der Waals surface area contributed by atoms with Crippen molar-refractivity contribution in [2.75, 3.05) is 7.11 Å². The number of H-pyrrole nitrogens is 1. The lowest BCUT2D eigenvalue weighted by molar-refractivity contribution is 0.415. The SMILES string of the molecule is COc1ccc2[nH]c(=O)c(-c3noc(-c4cccc(C)c4)n3)cc2c1. The molecule has 0 saturated carbocycles. The second-order valence-corrected chi connectivity index (χ2v) is 5.76. The molecule has 0 amide bonds. The molecule has 1 N–H and O–H groups in total. The van der Waals surface area contributed by atoms with Gasteiger partial charge in [-0.3, -0.25) is 4.79 Å². The Kier molecular flexibility index (Phi) is 3.57. The first kappa shape index (κ1) is 15.1. The summed E-state index contributed by atoms with van der Waals surface area (Å²) in [5, 5.41) is 4.79. The third kappa shape index (κ3) is 2.78. The van der Waals surface area contributed by atoms with Crippen LogP contribution in [-0.2, 0) is 0 Å². The Morgan fingerprint density at radius 1 is 1.12 bits per heavy atom. The van der Waals surface area contributed by atoms with Gasteiger partial charge < -0.3 is 14.2 Å². The topological polar surface area (TPSA) is 81.0 Å². The zero-order valence-electron chi connectivity index (χ0n) is 13.7. The number of methoxy groups -OCH3 is 1. The Labute approximate surface area is 143 Å². The molecule has 0 atom stereocenters. The summed E-state index contributed by atoms with van der Waals surface area (Å²) in [4.78, 5) is 19.6. The summed E-state index contributed by atoms with van der Waals surface area (Å²) in [6.45, 7) is 1.99. The number of aryl methyl sites for hydroxylation is 1. The molecule has 0 aliphatic rings. The number of hydrogen-bond donors (Lipinski definition) is 1. The van der Waals surface area contributed by atoms with Gasteiger partial charge in [0.2, 0.25) is 5.82 Å². The third-order valence-electron chi connectivity index (χ3n) is 3.98. The Hall–Kier alpha value is -3.41. The minimum atomic E-state index is -0.269. The monoisotopic (exact) mass is 333 g/mol. The largest absolute Gasteiger partial charge is 0.497 e. The molecule has 6 heteroatoms. The molecule has 0 aliphatic carbocycles. The van der Waals surface area contributed by atoms with Crippen molar-refractivity contribution in [3.8, 4) is 28.6 Å². The predicted molar refractivity (Wildman–Crippen MR) is 94.6 cm³/mol. The second kappa shape index (κ2) is 5.90. The maximum absolute atomic E-state index is 12.4. The normalized spacial score (nSPS) is 11.0. The summed E-state index contributed by atoms with van der Waals surface area (Å²) >= 11 is 0. The van der Waals surface area contributed by atoms with Crippen LogP contribution >= 0.6 is 0 Å². The molecular formula is C19H15N3O3. The fourth-order valence-electron chi connectivity index (χ4n) is 2.71. The Morgan fingerprint density at radius 2 is 2.00 bits per heavy atom. The first-order valence-corrected chi connectivity index (χ1v) is 7.76. The first-order valence-electron chi connectivity index (χ1n) is 7.76. The van der Waals surface area contributed by atoms with E-state index in [0.29, 0.717) is 17.2 Å². The molecule has 0 aliphatic heterocycles. The van der Waals surface area contributed by atoms with Gasteiger partial charge >= 0.3 is 0 Å². The minimum Gasteiger partial charge on any atom is -0.497 e. The van der Waals surface area contributed by atoms with E-state index in [4.69, 9.17) is 9.26 Å². The van der Waals surface area contributed by atoms with Crippen molar-refractivity contribution in [1.29, 1.82) is 0 Å². The first-order chi connectivity index (χ1) is 12.1. The van der Waals surface area contributed by atoms with Crippen LogP contribution in [0.3, 0.4) is 0 Å². The number of aromatic nitrogens is 3. The average molecular weight is 333 g/mol. The van der Waals surface area contributed by atoms with Crippen LogP contribution < -0.4 is 10.3 Å². The molecule has 0 spiro atoms. The van der Waals surface area contributed by atoms with Gasteiger partial charge in [0.1, 0.15) is 5.75 Å². The van der Waals surface area contributed by atoms with Gasteiger partial charge in [-0.05, 0) is 43.3 Å². The highest BCUT2D eigenvalue weighted by Gasteiger charge is 2.14. The van der Waals surface area contributed by atoms with Gasteiger partial charge in [0.25, 0.3) is 11.4 Å². The molecule has 6 nitrogen and oxygen atoms in total. The second-order valence-electron chi connectivity index (χ2n) is 5.76. The highest BCUT2D eigenvalue weighted by Crippen LogP contribution is 2.24. The van der Waals surface area contributed by atoms with Crippen molar-refractivity contribution in [2.24, 2.45) is 0 Å². The van der Waals surface area contributed by atoms with E-state index in [9.17, 15) is 4.79 Å². The molecule has 4 aromatic rings. The lowest BCUT2D eigenvalue weighted by atomic mass is 10.1. The smallest absolute Gasteiger partial charge is 0.259 e. The van der Waals surface area contributed by atoms with Crippen LogP contribution in [0, 0.1) is 6.92 Å². The fraction of sp³-hybridized carbons (Fsp3) is 0.105. The number of rotatable bonds is 3. The zero-order chi connectivity index (χ0) is 17.4. The van der Waals surface area contributed by atoms with Gasteiger partial charge in [0, 0.05) is 16.5 Å². The molecule has 2 aromatic carbocycles.